The van der Waals surface area contributed by atoms with E-state index in [1.807, 2.05) is 6.07 Å². The highest BCUT2D eigenvalue weighted by Gasteiger charge is 2.15. The second-order valence-electron chi connectivity index (χ2n) is 6.96. The molecule has 0 aliphatic carbocycles. The lowest BCUT2D eigenvalue weighted by atomic mass is 10.1. The second kappa shape index (κ2) is 11.6. The number of anilines is 1. The van der Waals surface area contributed by atoms with Gasteiger partial charge in [0.25, 0.3) is 11.8 Å². The average molecular weight is 463 g/mol. The Hall–Kier alpha value is -2.38. The van der Waals surface area contributed by atoms with Gasteiger partial charge in [0.1, 0.15) is 5.75 Å². The summed E-state index contributed by atoms with van der Waals surface area (Å²) in [6.45, 7) is 5.64. The molecule has 2 rings (SSSR count). The topological polar surface area (TPSA) is 76.7 Å². The van der Waals surface area contributed by atoms with Gasteiger partial charge in [-0.15, -0.1) is 0 Å². The molecular formula is C22H27BrN2O4. The quantitative estimate of drug-likeness (QED) is 0.509. The van der Waals surface area contributed by atoms with Gasteiger partial charge in [-0.05, 0) is 48.7 Å². The van der Waals surface area contributed by atoms with Gasteiger partial charge in [-0.1, -0.05) is 35.8 Å². The number of carbonyl (C=O) groups excluding carboxylic acids is 2. The van der Waals surface area contributed by atoms with Crippen molar-refractivity contribution >= 4 is 33.4 Å². The first-order chi connectivity index (χ1) is 13.9. The number of nitrogens with one attached hydrogen (secondary N) is 2. The van der Waals surface area contributed by atoms with Gasteiger partial charge in [0.15, 0.2) is 0 Å². The number of rotatable bonds is 10. The Morgan fingerprint density at radius 2 is 1.86 bits per heavy atom. The summed E-state index contributed by atoms with van der Waals surface area (Å²) in [6, 6.07) is 12.1. The molecule has 7 heteroatoms. The maximum atomic E-state index is 12.8. The number of carbonyl (C=O) groups is 2. The summed E-state index contributed by atoms with van der Waals surface area (Å²) in [6.07, 6.45) is 0.900. The van der Waals surface area contributed by atoms with Crippen LogP contribution in [0.25, 0.3) is 0 Å². The molecule has 2 aromatic carbocycles. The first kappa shape index (κ1) is 22.9. The van der Waals surface area contributed by atoms with E-state index in [1.165, 1.54) is 0 Å². The van der Waals surface area contributed by atoms with Gasteiger partial charge < -0.3 is 20.1 Å². The molecule has 0 aliphatic heterocycles. The molecule has 0 unspecified atom stereocenters. The molecule has 0 saturated carbocycles. The van der Waals surface area contributed by atoms with Crippen molar-refractivity contribution < 1.29 is 19.1 Å². The third kappa shape index (κ3) is 7.51. The van der Waals surface area contributed by atoms with Crippen molar-refractivity contribution in [2.45, 2.75) is 20.3 Å². The van der Waals surface area contributed by atoms with Crippen molar-refractivity contribution in [3.63, 3.8) is 0 Å². The highest BCUT2D eigenvalue weighted by molar-refractivity contribution is 9.10. The van der Waals surface area contributed by atoms with Crippen molar-refractivity contribution in [3.05, 3.63) is 58.1 Å². The molecule has 0 aliphatic rings. The highest BCUT2D eigenvalue weighted by atomic mass is 79.9. The van der Waals surface area contributed by atoms with Crippen LogP contribution in [0.5, 0.6) is 5.75 Å². The van der Waals surface area contributed by atoms with E-state index in [1.54, 1.807) is 43.5 Å². The molecule has 0 atom stereocenters. The summed E-state index contributed by atoms with van der Waals surface area (Å²) in [5.74, 6) is 0.515. The summed E-state index contributed by atoms with van der Waals surface area (Å²) in [5, 5.41) is 5.60. The predicted molar refractivity (Wildman–Crippen MR) is 118 cm³/mol. The molecule has 156 valence electrons. The maximum Gasteiger partial charge on any atom is 0.259 e. The third-order valence-corrected chi connectivity index (χ3v) is 4.61. The van der Waals surface area contributed by atoms with Crippen LogP contribution in [0.4, 0.5) is 5.69 Å². The Morgan fingerprint density at radius 1 is 1.07 bits per heavy atom. The number of halogens is 1. The van der Waals surface area contributed by atoms with E-state index in [4.69, 9.17) is 9.47 Å². The van der Waals surface area contributed by atoms with E-state index in [-0.39, 0.29) is 11.8 Å². The van der Waals surface area contributed by atoms with E-state index in [0.29, 0.717) is 48.2 Å². The number of ether oxygens (including phenoxy) is 2. The SMILES string of the molecule is COCCNC(=O)c1cccc(NC(=O)c2cc(Br)ccc2OCCC(C)C)c1. The fourth-order valence-corrected chi connectivity index (χ4v) is 2.88. The van der Waals surface area contributed by atoms with E-state index < -0.39 is 0 Å². The van der Waals surface area contributed by atoms with E-state index in [2.05, 4.69) is 40.4 Å². The van der Waals surface area contributed by atoms with Crippen molar-refractivity contribution in [1.29, 1.82) is 0 Å². The van der Waals surface area contributed by atoms with Crippen molar-refractivity contribution in [1.82, 2.24) is 5.32 Å². The van der Waals surface area contributed by atoms with Gasteiger partial charge in [0.2, 0.25) is 0 Å². The molecular weight excluding hydrogens is 436 g/mol. The van der Waals surface area contributed by atoms with Crippen LogP contribution in [-0.2, 0) is 4.74 Å². The second-order valence-corrected chi connectivity index (χ2v) is 7.87. The lowest BCUT2D eigenvalue weighted by Crippen LogP contribution is -2.27. The standard InChI is InChI=1S/C22H27BrN2O4/c1-15(2)9-11-29-20-8-7-17(23)14-19(20)22(27)25-18-6-4-5-16(13-18)21(26)24-10-12-28-3/h4-8,13-15H,9-12H2,1-3H3,(H,24,26)(H,25,27). The number of amides is 2. The number of benzene rings is 2. The normalized spacial score (nSPS) is 10.7. The Morgan fingerprint density at radius 3 is 2.59 bits per heavy atom. The first-order valence-corrected chi connectivity index (χ1v) is 10.3. The fourth-order valence-electron chi connectivity index (χ4n) is 2.52. The van der Waals surface area contributed by atoms with Gasteiger partial charge >= 0.3 is 0 Å². The lowest BCUT2D eigenvalue weighted by molar-refractivity contribution is 0.0936. The van der Waals surface area contributed by atoms with Crippen LogP contribution in [0.1, 0.15) is 41.0 Å². The number of hydrogen-bond acceptors (Lipinski definition) is 4. The van der Waals surface area contributed by atoms with Crippen LogP contribution in [0.3, 0.4) is 0 Å². The molecule has 6 nitrogen and oxygen atoms in total. The molecule has 0 fully saturated rings. The van der Waals surface area contributed by atoms with Crippen LogP contribution in [0.2, 0.25) is 0 Å². The average Bonchev–Trinajstić information content (AvgIpc) is 2.69. The monoisotopic (exact) mass is 462 g/mol. The number of methoxy groups -OCH3 is 1. The highest BCUT2D eigenvalue weighted by Crippen LogP contribution is 2.25. The lowest BCUT2D eigenvalue weighted by Gasteiger charge is -2.13. The minimum atomic E-state index is -0.303. The van der Waals surface area contributed by atoms with Crippen molar-refractivity contribution in [2.24, 2.45) is 5.92 Å². The van der Waals surface area contributed by atoms with Crippen LogP contribution >= 0.6 is 15.9 Å². The molecule has 0 aromatic heterocycles. The molecule has 0 bridgehead atoms. The van der Waals surface area contributed by atoms with Gasteiger partial charge in [0, 0.05) is 29.4 Å². The van der Waals surface area contributed by atoms with E-state index in [0.717, 1.165) is 10.9 Å². The van der Waals surface area contributed by atoms with Crippen LogP contribution in [0.15, 0.2) is 46.9 Å². The van der Waals surface area contributed by atoms with Crippen molar-refractivity contribution in [3.8, 4) is 5.75 Å². The molecule has 0 spiro atoms. The Kier molecular flexibility index (Phi) is 9.15. The molecule has 2 amide bonds. The van der Waals surface area contributed by atoms with E-state index in [9.17, 15) is 9.59 Å². The summed E-state index contributed by atoms with van der Waals surface area (Å²) in [5.41, 5.74) is 1.42. The van der Waals surface area contributed by atoms with Gasteiger partial charge in [0.05, 0.1) is 18.8 Å². The molecule has 2 aromatic rings. The summed E-state index contributed by atoms with van der Waals surface area (Å²) in [7, 11) is 1.57. The van der Waals surface area contributed by atoms with Gasteiger partial charge in [-0.25, -0.2) is 0 Å². The molecule has 0 radical (unpaired) electrons. The fraction of sp³-hybridized carbons (Fsp3) is 0.364. The Balaban J connectivity index is 2.10. The maximum absolute atomic E-state index is 12.8. The largest absolute Gasteiger partial charge is 0.493 e. The summed E-state index contributed by atoms with van der Waals surface area (Å²) in [4.78, 5) is 25.0. The van der Waals surface area contributed by atoms with Crippen molar-refractivity contribution in [2.75, 3.05) is 32.2 Å². The minimum absolute atomic E-state index is 0.224. The van der Waals surface area contributed by atoms with Gasteiger partial charge in [-0.2, -0.15) is 0 Å². The zero-order valence-corrected chi connectivity index (χ0v) is 18.5. The Bertz CT molecular complexity index is 839. The first-order valence-electron chi connectivity index (χ1n) is 9.51. The van der Waals surface area contributed by atoms with Crippen LogP contribution < -0.4 is 15.4 Å². The molecule has 0 heterocycles. The smallest absolute Gasteiger partial charge is 0.259 e. The predicted octanol–water partition coefficient (Wildman–Crippen LogP) is 4.50. The Labute approximate surface area is 180 Å². The van der Waals surface area contributed by atoms with E-state index >= 15 is 0 Å². The summed E-state index contributed by atoms with van der Waals surface area (Å²) >= 11 is 3.40. The zero-order valence-electron chi connectivity index (χ0n) is 17.0. The number of hydrogen-bond donors (Lipinski definition) is 2. The third-order valence-electron chi connectivity index (χ3n) is 4.11. The summed E-state index contributed by atoms with van der Waals surface area (Å²) < 4.78 is 11.5. The van der Waals surface area contributed by atoms with Crippen LogP contribution in [-0.4, -0.2) is 38.7 Å². The van der Waals surface area contributed by atoms with Crippen LogP contribution in [0, 0.1) is 5.92 Å². The zero-order chi connectivity index (χ0) is 21.2. The minimum Gasteiger partial charge on any atom is -0.493 e. The molecule has 0 saturated heterocycles. The molecule has 29 heavy (non-hydrogen) atoms. The van der Waals surface area contributed by atoms with Gasteiger partial charge in [-0.3, -0.25) is 9.59 Å². The molecule has 2 N–H and O–H groups in total.